The fraction of sp³-hybridized carbons (Fsp3) is 0.692. The van der Waals surface area contributed by atoms with Crippen LogP contribution in [0.5, 0.6) is 0 Å². The van der Waals surface area contributed by atoms with Crippen LogP contribution in [-0.2, 0) is 4.79 Å². The van der Waals surface area contributed by atoms with Crippen LogP contribution >= 0.6 is 11.8 Å². The van der Waals surface area contributed by atoms with Gasteiger partial charge in [-0.25, -0.2) is 4.79 Å². The monoisotopic (exact) mass is 288 g/mol. The summed E-state index contributed by atoms with van der Waals surface area (Å²) in [6.07, 6.45) is 8.00. The van der Waals surface area contributed by atoms with E-state index in [1.54, 1.807) is 0 Å². The van der Waals surface area contributed by atoms with Crippen LogP contribution < -0.4 is 5.32 Å². The molecule has 0 bridgehead atoms. The fourth-order valence-electron chi connectivity index (χ4n) is 1.57. The SMILES string of the molecule is C=CCN(CC(=O)O)C(=O)NCCCCCCSC. The number of carbonyl (C=O) groups is 2. The molecule has 2 N–H and O–H groups in total. The van der Waals surface area contributed by atoms with E-state index in [9.17, 15) is 9.59 Å². The van der Waals surface area contributed by atoms with Crippen LogP contribution in [-0.4, -0.2) is 53.6 Å². The molecule has 0 aliphatic heterocycles. The van der Waals surface area contributed by atoms with Gasteiger partial charge >= 0.3 is 12.0 Å². The molecule has 0 aromatic rings. The lowest BCUT2D eigenvalue weighted by Gasteiger charge is -2.19. The van der Waals surface area contributed by atoms with Crippen LogP contribution in [0.1, 0.15) is 25.7 Å². The van der Waals surface area contributed by atoms with E-state index >= 15 is 0 Å². The topological polar surface area (TPSA) is 69.6 Å². The summed E-state index contributed by atoms with van der Waals surface area (Å²) in [6.45, 7) is 4.04. The molecule has 6 heteroatoms. The summed E-state index contributed by atoms with van der Waals surface area (Å²) in [6, 6.07) is -0.341. The smallest absolute Gasteiger partial charge is 0.323 e. The van der Waals surface area contributed by atoms with Gasteiger partial charge in [0.1, 0.15) is 6.54 Å². The molecule has 0 atom stereocenters. The van der Waals surface area contributed by atoms with Crippen molar-refractivity contribution in [1.82, 2.24) is 10.2 Å². The molecule has 0 saturated carbocycles. The normalized spacial score (nSPS) is 9.95. The lowest BCUT2D eigenvalue weighted by atomic mass is 10.2. The summed E-state index contributed by atoms with van der Waals surface area (Å²) in [7, 11) is 0. The average molecular weight is 288 g/mol. The quantitative estimate of drug-likeness (QED) is 0.452. The highest BCUT2D eigenvalue weighted by atomic mass is 32.2. The van der Waals surface area contributed by atoms with E-state index in [1.807, 2.05) is 11.8 Å². The Labute approximate surface area is 119 Å². The minimum absolute atomic E-state index is 0.242. The first-order valence-electron chi connectivity index (χ1n) is 6.46. The molecule has 0 heterocycles. The first-order valence-corrected chi connectivity index (χ1v) is 7.85. The van der Waals surface area contributed by atoms with Crippen LogP contribution in [0.25, 0.3) is 0 Å². The van der Waals surface area contributed by atoms with Crippen molar-refractivity contribution in [2.24, 2.45) is 0 Å². The molecule has 0 aromatic heterocycles. The van der Waals surface area contributed by atoms with Gasteiger partial charge in [0.2, 0.25) is 0 Å². The zero-order valence-corrected chi connectivity index (χ0v) is 12.4. The van der Waals surface area contributed by atoms with Crippen molar-refractivity contribution in [3.05, 3.63) is 12.7 Å². The Morgan fingerprint density at radius 2 is 2.00 bits per heavy atom. The summed E-state index contributed by atoms with van der Waals surface area (Å²) in [5, 5.41) is 11.4. The number of carbonyl (C=O) groups excluding carboxylic acids is 1. The Kier molecular flexibility index (Phi) is 11.2. The molecule has 0 spiro atoms. The van der Waals surface area contributed by atoms with Gasteiger partial charge in [0, 0.05) is 13.1 Å². The zero-order valence-electron chi connectivity index (χ0n) is 11.6. The molecule has 110 valence electrons. The van der Waals surface area contributed by atoms with E-state index in [-0.39, 0.29) is 19.1 Å². The highest BCUT2D eigenvalue weighted by molar-refractivity contribution is 7.98. The first kappa shape index (κ1) is 17.8. The van der Waals surface area contributed by atoms with Gasteiger partial charge in [-0.2, -0.15) is 11.8 Å². The number of carboxylic acid groups (broad SMARTS) is 1. The van der Waals surface area contributed by atoms with E-state index < -0.39 is 5.97 Å². The average Bonchev–Trinajstić information content (AvgIpc) is 2.36. The number of nitrogens with zero attached hydrogens (tertiary/aromatic N) is 1. The molecule has 2 amide bonds. The number of hydrogen-bond acceptors (Lipinski definition) is 3. The Bertz CT molecular complexity index is 285. The standard InChI is InChI=1S/C13H24N2O3S/c1-3-9-15(11-12(16)17)13(18)14-8-6-4-5-7-10-19-2/h3H,1,4-11H2,2H3,(H,14,18)(H,16,17). The Hall–Kier alpha value is -1.17. The van der Waals surface area contributed by atoms with Crippen molar-refractivity contribution in [3.63, 3.8) is 0 Å². The summed E-state index contributed by atoms with van der Waals surface area (Å²) < 4.78 is 0. The number of nitrogens with one attached hydrogen (secondary N) is 1. The molecule has 5 nitrogen and oxygen atoms in total. The number of aliphatic carboxylic acids is 1. The Balaban J connectivity index is 3.74. The molecular weight excluding hydrogens is 264 g/mol. The van der Waals surface area contributed by atoms with Crippen LogP contribution in [0.2, 0.25) is 0 Å². The van der Waals surface area contributed by atoms with Gasteiger partial charge < -0.3 is 15.3 Å². The van der Waals surface area contributed by atoms with Crippen LogP contribution in [0.3, 0.4) is 0 Å². The predicted octanol–water partition coefficient (Wildman–Crippen LogP) is 2.19. The maximum atomic E-state index is 11.7. The summed E-state index contributed by atoms with van der Waals surface area (Å²) in [5.74, 6) is 0.159. The molecule has 19 heavy (non-hydrogen) atoms. The third kappa shape index (κ3) is 10.4. The maximum Gasteiger partial charge on any atom is 0.323 e. The highest BCUT2D eigenvalue weighted by Crippen LogP contribution is 2.04. The van der Waals surface area contributed by atoms with Gasteiger partial charge in [-0.1, -0.05) is 18.9 Å². The van der Waals surface area contributed by atoms with E-state index in [0.29, 0.717) is 6.54 Å². The second-order valence-corrected chi connectivity index (χ2v) is 5.19. The third-order valence-electron chi connectivity index (χ3n) is 2.51. The number of urea groups is 1. The van der Waals surface area contributed by atoms with E-state index in [1.165, 1.54) is 29.6 Å². The number of thioether (sulfide) groups is 1. The largest absolute Gasteiger partial charge is 0.480 e. The van der Waals surface area contributed by atoms with E-state index in [4.69, 9.17) is 5.11 Å². The predicted molar refractivity (Wildman–Crippen MR) is 79.7 cm³/mol. The van der Waals surface area contributed by atoms with Gasteiger partial charge in [-0.15, -0.1) is 6.58 Å². The van der Waals surface area contributed by atoms with Crippen LogP contribution in [0.4, 0.5) is 4.79 Å². The van der Waals surface area contributed by atoms with Crippen LogP contribution in [0, 0.1) is 0 Å². The number of carboxylic acids is 1. The van der Waals surface area contributed by atoms with E-state index in [0.717, 1.165) is 12.8 Å². The minimum atomic E-state index is -1.02. The molecular formula is C13H24N2O3S. The second-order valence-electron chi connectivity index (χ2n) is 4.20. The molecule has 0 saturated heterocycles. The molecule has 0 rings (SSSR count). The molecule has 0 aliphatic rings. The second kappa shape index (κ2) is 11.9. The van der Waals surface area contributed by atoms with Gasteiger partial charge in [-0.05, 0) is 24.9 Å². The number of hydrogen-bond donors (Lipinski definition) is 2. The van der Waals surface area contributed by atoms with Crippen molar-refractivity contribution < 1.29 is 14.7 Å². The summed E-state index contributed by atoms with van der Waals surface area (Å²) in [4.78, 5) is 23.5. The van der Waals surface area contributed by atoms with Crippen LogP contribution in [0.15, 0.2) is 12.7 Å². The minimum Gasteiger partial charge on any atom is -0.480 e. The summed E-state index contributed by atoms with van der Waals surface area (Å²) in [5.41, 5.74) is 0. The van der Waals surface area contributed by atoms with Gasteiger partial charge in [0.15, 0.2) is 0 Å². The zero-order chi connectivity index (χ0) is 14.5. The number of amides is 2. The maximum absolute atomic E-state index is 11.7. The highest BCUT2D eigenvalue weighted by Gasteiger charge is 2.14. The Morgan fingerprint density at radius 3 is 2.58 bits per heavy atom. The number of rotatable bonds is 11. The lowest BCUT2D eigenvalue weighted by molar-refractivity contribution is -0.137. The lowest BCUT2D eigenvalue weighted by Crippen LogP contribution is -2.43. The van der Waals surface area contributed by atoms with Gasteiger partial charge in [0.05, 0.1) is 0 Å². The number of unbranched alkanes of at least 4 members (excludes halogenated alkanes) is 3. The van der Waals surface area contributed by atoms with Crippen molar-refractivity contribution in [3.8, 4) is 0 Å². The fourth-order valence-corrected chi connectivity index (χ4v) is 2.06. The summed E-state index contributed by atoms with van der Waals surface area (Å²) >= 11 is 1.84. The van der Waals surface area contributed by atoms with E-state index in [2.05, 4.69) is 18.2 Å². The van der Waals surface area contributed by atoms with Crippen molar-refractivity contribution in [2.75, 3.05) is 31.6 Å². The van der Waals surface area contributed by atoms with Crippen molar-refractivity contribution in [2.45, 2.75) is 25.7 Å². The molecule has 0 aliphatic carbocycles. The molecule has 0 unspecified atom stereocenters. The van der Waals surface area contributed by atoms with Crippen molar-refractivity contribution in [1.29, 1.82) is 0 Å². The van der Waals surface area contributed by atoms with Gasteiger partial charge in [-0.3, -0.25) is 4.79 Å². The molecule has 0 aromatic carbocycles. The first-order chi connectivity index (χ1) is 9.11. The van der Waals surface area contributed by atoms with Crippen molar-refractivity contribution >= 4 is 23.8 Å². The van der Waals surface area contributed by atoms with Gasteiger partial charge in [0.25, 0.3) is 0 Å². The Morgan fingerprint density at radius 1 is 1.32 bits per heavy atom. The molecule has 0 fully saturated rings. The third-order valence-corrected chi connectivity index (χ3v) is 3.21. The molecule has 0 radical (unpaired) electrons.